The van der Waals surface area contributed by atoms with Crippen LogP contribution in [0, 0.1) is 5.41 Å². The summed E-state index contributed by atoms with van der Waals surface area (Å²) in [5.74, 6) is 0. The first-order valence-electron chi connectivity index (χ1n) is 7.18. The van der Waals surface area contributed by atoms with Gasteiger partial charge in [-0.2, -0.15) is 0 Å². The van der Waals surface area contributed by atoms with Crippen LogP contribution in [0.1, 0.15) is 25.8 Å². The molecule has 1 heterocycles. The third-order valence-electron chi connectivity index (χ3n) is 4.15. The van der Waals surface area contributed by atoms with Crippen LogP contribution in [0.3, 0.4) is 0 Å². The molecule has 0 aromatic heterocycles. The van der Waals surface area contributed by atoms with E-state index in [2.05, 4.69) is 5.32 Å². The van der Waals surface area contributed by atoms with Crippen LogP contribution >= 0.6 is 0 Å². The molecule has 2 N–H and O–H groups in total. The van der Waals surface area contributed by atoms with Gasteiger partial charge in [-0.05, 0) is 5.56 Å². The van der Waals surface area contributed by atoms with Crippen LogP contribution in [-0.4, -0.2) is 36.6 Å². The van der Waals surface area contributed by atoms with Crippen LogP contribution in [0.4, 0.5) is 4.79 Å². The zero-order chi connectivity index (χ0) is 15.3. The number of hydrogen-bond acceptors (Lipinski definition) is 4. The molecule has 21 heavy (non-hydrogen) atoms. The van der Waals surface area contributed by atoms with Crippen LogP contribution in [0.25, 0.3) is 0 Å². The molecule has 1 unspecified atom stereocenters. The van der Waals surface area contributed by atoms with Gasteiger partial charge in [0.05, 0.1) is 12.2 Å². The van der Waals surface area contributed by atoms with E-state index < -0.39 is 17.1 Å². The second-order valence-corrected chi connectivity index (χ2v) is 6.13. The Bertz CT molecular complexity index is 466. The largest absolute Gasteiger partial charge is 0.445 e. The van der Waals surface area contributed by atoms with E-state index in [1.165, 1.54) is 0 Å². The Morgan fingerprint density at radius 3 is 2.76 bits per heavy atom. The predicted octanol–water partition coefficient (Wildman–Crippen LogP) is 2.09. The molecule has 5 nitrogen and oxygen atoms in total. The summed E-state index contributed by atoms with van der Waals surface area (Å²) in [7, 11) is 0. The number of amides is 1. The molecular formula is C16H23NO4. The molecule has 5 heteroatoms. The minimum absolute atomic E-state index is 0.237. The molecule has 0 spiro atoms. The van der Waals surface area contributed by atoms with Gasteiger partial charge in [0, 0.05) is 25.0 Å². The summed E-state index contributed by atoms with van der Waals surface area (Å²) in [5, 5.41) is 13.2. The minimum atomic E-state index is -0.903. The maximum Gasteiger partial charge on any atom is 0.407 e. The SMILES string of the molecule is CC(C)(CNC(=O)OCc1ccccc1)C1(O)CCOC1. The van der Waals surface area contributed by atoms with E-state index in [0.29, 0.717) is 26.2 Å². The van der Waals surface area contributed by atoms with E-state index >= 15 is 0 Å². The predicted molar refractivity (Wildman–Crippen MR) is 78.8 cm³/mol. The summed E-state index contributed by atoms with van der Waals surface area (Å²) in [5.41, 5.74) is -0.440. The molecular weight excluding hydrogens is 270 g/mol. The van der Waals surface area contributed by atoms with E-state index in [1.54, 1.807) is 0 Å². The summed E-state index contributed by atoms with van der Waals surface area (Å²) in [6, 6.07) is 9.51. The highest BCUT2D eigenvalue weighted by atomic mass is 16.5. The zero-order valence-corrected chi connectivity index (χ0v) is 12.6. The highest BCUT2D eigenvalue weighted by Crippen LogP contribution is 2.36. The molecule has 2 rings (SSSR count). The van der Waals surface area contributed by atoms with Crippen LogP contribution in [0.15, 0.2) is 30.3 Å². The second kappa shape index (κ2) is 6.45. The number of benzene rings is 1. The van der Waals surface area contributed by atoms with Crippen molar-refractivity contribution < 1.29 is 19.4 Å². The molecule has 1 aromatic rings. The molecule has 1 aliphatic rings. The monoisotopic (exact) mass is 293 g/mol. The highest BCUT2D eigenvalue weighted by molar-refractivity contribution is 5.67. The van der Waals surface area contributed by atoms with Crippen molar-refractivity contribution >= 4 is 6.09 Å². The van der Waals surface area contributed by atoms with Crippen molar-refractivity contribution in [3.8, 4) is 0 Å². The van der Waals surface area contributed by atoms with Gasteiger partial charge in [0.15, 0.2) is 0 Å². The Morgan fingerprint density at radius 2 is 2.14 bits per heavy atom. The summed E-state index contributed by atoms with van der Waals surface area (Å²) in [6.45, 7) is 5.26. The van der Waals surface area contributed by atoms with E-state index in [-0.39, 0.29) is 6.61 Å². The number of carbonyl (C=O) groups is 1. The standard InChI is InChI=1S/C16H23NO4/c1-15(2,16(19)8-9-20-12-16)11-17-14(18)21-10-13-6-4-3-5-7-13/h3-7,19H,8-12H2,1-2H3,(H,17,18). The van der Waals surface area contributed by atoms with Gasteiger partial charge in [-0.25, -0.2) is 4.79 Å². The summed E-state index contributed by atoms with van der Waals surface area (Å²) >= 11 is 0. The lowest BCUT2D eigenvalue weighted by molar-refractivity contribution is -0.0679. The molecule has 1 saturated heterocycles. The van der Waals surface area contributed by atoms with Gasteiger partial charge in [0.25, 0.3) is 0 Å². The molecule has 116 valence electrons. The van der Waals surface area contributed by atoms with E-state index in [1.807, 2.05) is 44.2 Å². The van der Waals surface area contributed by atoms with Gasteiger partial charge in [0.1, 0.15) is 6.61 Å². The second-order valence-electron chi connectivity index (χ2n) is 6.13. The van der Waals surface area contributed by atoms with Gasteiger partial charge >= 0.3 is 6.09 Å². The van der Waals surface area contributed by atoms with E-state index in [9.17, 15) is 9.90 Å². The van der Waals surface area contributed by atoms with Crippen molar-refractivity contribution in [3.63, 3.8) is 0 Å². The van der Waals surface area contributed by atoms with Gasteiger partial charge in [-0.15, -0.1) is 0 Å². The normalized spacial score (nSPS) is 22.0. The Kier molecular flexibility index (Phi) is 4.85. The first-order valence-corrected chi connectivity index (χ1v) is 7.18. The number of aliphatic hydroxyl groups is 1. The smallest absolute Gasteiger partial charge is 0.407 e. The molecule has 1 atom stereocenters. The number of ether oxygens (including phenoxy) is 2. The average molecular weight is 293 g/mol. The number of carbonyl (C=O) groups excluding carboxylic acids is 1. The van der Waals surface area contributed by atoms with Crippen molar-refractivity contribution in [3.05, 3.63) is 35.9 Å². The van der Waals surface area contributed by atoms with Crippen LogP contribution in [0.2, 0.25) is 0 Å². The minimum Gasteiger partial charge on any atom is -0.445 e. The Balaban J connectivity index is 1.78. The lowest BCUT2D eigenvalue weighted by Crippen LogP contribution is -2.51. The van der Waals surface area contributed by atoms with Crippen LogP contribution in [-0.2, 0) is 16.1 Å². The topological polar surface area (TPSA) is 67.8 Å². The lowest BCUT2D eigenvalue weighted by atomic mass is 9.74. The summed E-state index contributed by atoms with van der Waals surface area (Å²) in [6.07, 6.45) is 0.107. The third kappa shape index (κ3) is 3.95. The molecule has 0 bridgehead atoms. The van der Waals surface area contributed by atoms with Gasteiger partial charge in [-0.3, -0.25) is 0 Å². The molecule has 0 radical (unpaired) electrons. The van der Waals surface area contributed by atoms with Crippen molar-refractivity contribution in [2.24, 2.45) is 5.41 Å². The molecule has 1 amide bonds. The lowest BCUT2D eigenvalue weighted by Gasteiger charge is -2.38. The summed E-state index contributed by atoms with van der Waals surface area (Å²) < 4.78 is 10.4. The van der Waals surface area contributed by atoms with Gasteiger partial charge < -0.3 is 19.9 Å². The van der Waals surface area contributed by atoms with Crippen molar-refractivity contribution in [2.45, 2.75) is 32.5 Å². The quantitative estimate of drug-likeness (QED) is 0.872. The maximum absolute atomic E-state index is 11.7. The summed E-state index contributed by atoms with van der Waals surface area (Å²) in [4.78, 5) is 11.7. The number of alkyl carbamates (subject to hydrolysis) is 1. The fourth-order valence-electron chi connectivity index (χ4n) is 2.32. The highest BCUT2D eigenvalue weighted by Gasteiger charge is 2.46. The Hall–Kier alpha value is -1.59. The fourth-order valence-corrected chi connectivity index (χ4v) is 2.32. The number of rotatable bonds is 5. The Labute approximate surface area is 125 Å². The Morgan fingerprint density at radius 1 is 1.43 bits per heavy atom. The van der Waals surface area contributed by atoms with Gasteiger partial charge in [0.2, 0.25) is 0 Å². The molecule has 0 saturated carbocycles. The number of nitrogens with one attached hydrogen (secondary N) is 1. The zero-order valence-electron chi connectivity index (χ0n) is 12.6. The molecule has 0 aliphatic carbocycles. The van der Waals surface area contributed by atoms with Gasteiger partial charge in [-0.1, -0.05) is 44.2 Å². The molecule has 1 fully saturated rings. The third-order valence-corrected chi connectivity index (χ3v) is 4.15. The first kappa shape index (κ1) is 15.8. The van der Waals surface area contributed by atoms with E-state index in [0.717, 1.165) is 5.56 Å². The average Bonchev–Trinajstić information content (AvgIpc) is 2.93. The number of hydrogen-bond donors (Lipinski definition) is 2. The first-order chi connectivity index (χ1) is 9.93. The fraction of sp³-hybridized carbons (Fsp3) is 0.562. The van der Waals surface area contributed by atoms with Crippen molar-refractivity contribution in [2.75, 3.05) is 19.8 Å². The van der Waals surface area contributed by atoms with Crippen LogP contribution < -0.4 is 5.32 Å². The molecule has 1 aliphatic heterocycles. The van der Waals surface area contributed by atoms with Crippen LogP contribution in [0.5, 0.6) is 0 Å². The maximum atomic E-state index is 11.7. The molecule has 1 aromatic carbocycles. The van der Waals surface area contributed by atoms with Crippen molar-refractivity contribution in [1.29, 1.82) is 0 Å². The van der Waals surface area contributed by atoms with Crippen molar-refractivity contribution in [1.82, 2.24) is 5.32 Å². The van der Waals surface area contributed by atoms with E-state index in [4.69, 9.17) is 9.47 Å².